The second-order valence-corrected chi connectivity index (χ2v) is 7.66. The molecule has 0 saturated carbocycles. The molecule has 4 heterocycles. The predicted molar refractivity (Wildman–Crippen MR) is 116 cm³/mol. The number of carbonyl (C=O) groups excluding carboxylic acids is 1. The van der Waals surface area contributed by atoms with E-state index in [0.29, 0.717) is 44.0 Å². The number of rotatable bonds is 2. The Hall–Kier alpha value is -3.95. The normalized spacial score (nSPS) is 14.2. The van der Waals surface area contributed by atoms with E-state index in [2.05, 4.69) is 10.2 Å². The fourth-order valence-electron chi connectivity index (χ4n) is 3.96. The lowest BCUT2D eigenvalue weighted by molar-refractivity contribution is 0.0815. The summed E-state index contributed by atoms with van der Waals surface area (Å²) in [4.78, 5) is 50.5. The summed E-state index contributed by atoms with van der Waals surface area (Å²) in [7, 11) is 6.28. The highest BCUT2D eigenvalue weighted by Crippen LogP contribution is 2.15. The fraction of sp³-hybridized carbons (Fsp3) is 0.286. The quantitative estimate of drug-likeness (QED) is 0.570. The summed E-state index contributed by atoms with van der Waals surface area (Å²) < 4.78 is 4.05. The van der Waals surface area contributed by atoms with Crippen molar-refractivity contribution in [2.75, 3.05) is 7.05 Å². The van der Waals surface area contributed by atoms with Gasteiger partial charge in [0.25, 0.3) is 22.6 Å². The van der Waals surface area contributed by atoms with E-state index >= 15 is 0 Å². The minimum absolute atomic E-state index is 0.226. The third kappa shape index (κ3) is 2.75. The molecule has 0 aromatic carbocycles. The highest BCUT2D eigenvalue weighted by Gasteiger charge is 2.25. The van der Waals surface area contributed by atoms with Crippen LogP contribution in [0.2, 0.25) is 0 Å². The van der Waals surface area contributed by atoms with Crippen molar-refractivity contribution >= 4 is 29.1 Å². The Morgan fingerprint density at radius 1 is 0.871 bits per heavy atom. The summed E-state index contributed by atoms with van der Waals surface area (Å²) in [5.41, 5.74) is 1.80. The first-order valence-electron chi connectivity index (χ1n) is 9.59. The van der Waals surface area contributed by atoms with E-state index in [4.69, 9.17) is 0 Å². The van der Waals surface area contributed by atoms with Crippen LogP contribution in [0.5, 0.6) is 0 Å². The number of pyridine rings is 2. The molecular formula is C21H22N6O4. The molecule has 3 aromatic rings. The summed E-state index contributed by atoms with van der Waals surface area (Å²) in [6, 6.07) is 0. The molecule has 0 saturated heterocycles. The third-order valence-corrected chi connectivity index (χ3v) is 5.81. The van der Waals surface area contributed by atoms with E-state index < -0.39 is 0 Å². The molecule has 160 valence electrons. The van der Waals surface area contributed by atoms with E-state index in [-0.39, 0.29) is 22.6 Å². The first-order chi connectivity index (χ1) is 14.6. The maximum atomic E-state index is 12.8. The van der Waals surface area contributed by atoms with Gasteiger partial charge in [-0.1, -0.05) is 6.08 Å². The molecule has 0 atom stereocenters. The highest BCUT2D eigenvalue weighted by atomic mass is 16.2. The summed E-state index contributed by atoms with van der Waals surface area (Å²) in [6.07, 6.45) is 4.74. The van der Waals surface area contributed by atoms with E-state index in [9.17, 15) is 19.2 Å². The molecule has 10 nitrogen and oxygen atoms in total. The molecule has 1 amide bonds. The van der Waals surface area contributed by atoms with Crippen LogP contribution in [0.4, 0.5) is 0 Å². The number of H-pyrrole nitrogens is 1. The number of allylic oxidation sites excluding steroid dienone is 1. The minimum atomic E-state index is -0.299. The van der Waals surface area contributed by atoms with Crippen LogP contribution < -0.4 is 27.4 Å². The molecule has 0 radical (unpaired) electrons. The number of aromatic nitrogens is 4. The monoisotopic (exact) mass is 422 g/mol. The lowest BCUT2D eigenvalue weighted by Crippen LogP contribution is -2.44. The number of nitrogens with one attached hydrogen (secondary N) is 1. The maximum Gasteiger partial charge on any atom is 0.277 e. The van der Waals surface area contributed by atoms with Gasteiger partial charge >= 0.3 is 0 Å². The molecule has 3 aromatic heterocycles. The van der Waals surface area contributed by atoms with E-state index in [1.165, 1.54) is 25.9 Å². The molecule has 0 aliphatic carbocycles. The maximum absolute atomic E-state index is 12.8. The second kappa shape index (κ2) is 6.79. The van der Waals surface area contributed by atoms with Crippen LogP contribution in [0.25, 0.3) is 23.2 Å². The molecule has 4 rings (SSSR count). The average molecular weight is 422 g/mol. The van der Waals surface area contributed by atoms with Crippen LogP contribution in [-0.2, 0) is 21.1 Å². The number of carbonyl (C=O) groups is 1. The van der Waals surface area contributed by atoms with Crippen molar-refractivity contribution in [2.45, 2.75) is 13.8 Å². The van der Waals surface area contributed by atoms with E-state index in [0.717, 1.165) is 0 Å². The number of aryl methyl sites for hydroxylation is 3. The van der Waals surface area contributed by atoms with Gasteiger partial charge in [0, 0.05) is 39.0 Å². The molecule has 0 bridgehead atoms. The lowest BCUT2D eigenvalue weighted by Gasteiger charge is -2.06. The predicted octanol–water partition coefficient (Wildman–Crippen LogP) is -1.01. The Morgan fingerprint density at radius 2 is 1.55 bits per heavy atom. The van der Waals surface area contributed by atoms with Crippen molar-refractivity contribution < 1.29 is 4.79 Å². The lowest BCUT2D eigenvalue weighted by atomic mass is 10.1. The van der Waals surface area contributed by atoms with Crippen LogP contribution in [0, 0.1) is 13.8 Å². The van der Waals surface area contributed by atoms with Gasteiger partial charge in [-0.3, -0.25) is 38.1 Å². The van der Waals surface area contributed by atoms with Crippen LogP contribution in [0.3, 0.4) is 0 Å². The number of amides is 1. The summed E-state index contributed by atoms with van der Waals surface area (Å²) in [5, 5.41) is 8.99. The van der Waals surface area contributed by atoms with Crippen molar-refractivity contribution in [2.24, 2.45) is 26.2 Å². The van der Waals surface area contributed by atoms with Crippen LogP contribution in [0.15, 0.2) is 25.6 Å². The molecule has 31 heavy (non-hydrogen) atoms. The van der Waals surface area contributed by atoms with Gasteiger partial charge in [-0.25, -0.2) is 5.01 Å². The first kappa shape index (κ1) is 20.3. The number of fused-ring (bicyclic) bond motifs is 2. The van der Waals surface area contributed by atoms with Gasteiger partial charge in [-0.2, -0.15) is 5.10 Å². The Kier molecular flexibility index (Phi) is 4.46. The number of aromatic amines is 1. The molecule has 0 fully saturated rings. The smallest absolute Gasteiger partial charge is 0.277 e. The Bertz CT molecular complexity index is 1630. The van der Waals surface area contributed by atoms with Crippen molar-refractivity contribution in [3.8, 4) is 0 Å². The number of hydrogen-bond donors (Lipinski definition) is 1. The van der Waals surface area contributed by atoms with Crippen LogP contribution >= 0.6 is 0 Å². The first-order valence-corrected chi connectivity index (χ1v) is 9.59. The second-order valence-electron chi connectivity index (χ2n) is 7.66. The standard InChI is InChI=1S/C21H22N6O4/c1-10-12(18(28)24(3)16-14(10)20(30)26(5)22-16)8-7-9-13-11(2)15-17(25(4)19(13)29)23-27(6)21(15)31/h7-9,22H,1-6H3/b8-7?,13-9-. The zero-order valence-electron chi connectivity index (χ0n) is 18.1. The zero-order valence-corrected chi connectivity index (χ0v) is 18.1. The zero-order chi connectivity index (χ0) is 22.8. The summed E-state index contributed by atoms with van der Waals surface area (Å²) in [5.74, 6) is -0.278. The molecule has 0 spiro atoms. The van der Waals surface area contributed by atoms with Crippen molar-refractivity contribution in [1.29, 1.82) is 0 Å². The summed E-state index contributed by atoms with van der Waals surface area (Å²) in [6.45, 7) is 3.42. The number of nitrogens with zero attached hydrogens (tertiary/aromatic N) is 5. The molecule has 1 aliphatic rings. The van der Waals surface area contributed by atoms with Crippen molar-refractivity contribution in [3.05, 3.63) is 70.1 Å². The minimum Gasteiger partial charge on any atom is -0.296 e. The molecule has 10 heteroatoms. The highest BCUT2D eigenvalue weighted by molar-refractivity contribution is 5.96. The SMILES string of the molecule is Cc1c2c(n(C)c(=O)/c1=C\C=Cc1c(C)c3c(=O)n(C)[nH]c3n(C)c1=O)=NN(C)C2=O. The van der Waals surface area contributed by atoms with Gasteiger partial charge < -0.3 is 0 Å². The molecule has 1 aliphatic heterocycles. The summed E-state index contributed by atoms with van der Waals surface area (Å²) >= 11 is 0. The number of hydrogen-bond acceptors (Lipinski definition) is 5. The van der Waals surface area contributed by atoms with E-state index in [1.807, 2.05) is 0 Å². The Morgan fingerprint density at radius 3 is 2.23 bits per heavy atom. The van der Waals surface area contributed by atoms with Gasteiger partial charge in [-0.05, 0) is 37.1 Å². The Balaban J connectivity index is 1.94. The topological polar surface area (TPSA) is 114 Å². The fourth-order valence-corrected chi connectivity index (χ4v) is 3.96. The third-order valence-electron chi connectivity index (χ3n) is 5.81. The molecular weight excluding hydrogens is 400 g/mol. The largest absolute Gasteiger partial charge is 0.296 e. The Labute approximate surface area is 175 Å². The van der Waals surface area contributed by atoms with Crippen LogP contribution in [0.1, 0.15) is 27.0 Å². The molecule has 1 N–H and O–H groups in total. The van der Waals surface area contributed by atoms with Gasteiger partial charge in [0.2, 0.25) is 0 Å². The van der Waals surface area contributed by atoms with Gasteiger partial charge in [0.05, 0.1) is 10.9 Å². The van der Waals surface area contributed by atoms with E-state index in [1.54, 1.807) is 53.2 Å². The van der Waals surface area contributed by atoms with Crippen molar-refractivity contribution in [1.82, 2.24) is 23.9 Å². The van der Waals surface area contributed by atoms with Crippen molar-refractivity contribution in [3.63, 3.8) is 0 Å². The van der Waals surface area contributed by atoms with Gasteiger partial charge in [0.15, 0.2) is 5.49 Å². The van der Waals surface area contributed by atoms with Gasteiger partial charge in [-0.15, -0.1) is 0 Å². The average Bonchev–Trinajstić information content (AvgIpc) is 3.20. The molecule has 0 unspecified atom stereocenters. The van der Waals surface area contributed by atoms with Crippen LogP contribution in [-0.4, -0.2) is 36.9 Å². The van der Waals surface area contributed by atoms with Gasteiger partial charge in [0.1, 0.15) is 5.65 Å².